The maximum atomic E-state index is 10.6. The van der Waals surface area contributed by atoms with Crippen LogP contribution in [0.15, 0.2) is 24.3 Å². The highest BCUT2D eigenvalue weighted by Crippen LogP contribution is 2.59. The standard InChI is InChI=1S/C13H14Cl2O3/c1-8(12(16)17)7-18-10-4-2-9(3-5-10)11-6-13(11,14)15/h2-5,8,11H,6-7H2,1H3,(H,16,17). The van der Waals surface area contributed by atoms with Crippen LogP contribution in [0.4, 0.5) is 0 Å². The molecule has 1 aliphatic rings. The summed E-state index contributed by atoms with van der Waals surface area (Å²) in [5.41, 5.74) is 1.08. The molecule has 18 heavy (non-hydrogen) atoms. The zero-order chi connectivity index (χ0) is 13.3. The van der Waals surface area contributed by atoms with Gasteiger partial charge in [-0.05, 0) is 31.0 Å². The Morgan fingerprint density at radius 1 is 1.50 bits per heavy atom. The Labute approximate surface area is 116 Å². The molecular formula is C13H14Cl2O3. The highest BCUT2D eigenvalue weighted by molar-refractivity contribution is 6.51. The number of carbonyl (C=O) groups is 1. The molecular weight excluding hydrogens is 275 g/mol. The van der Waals surface area contributed by atoms with E-state index in [1.807, 2.05) is 24.3 Å². The molecule has 2 rings (SSSR count). The van der Waals surface area contributed by atoms with Crippen molar-refractivity contribution in [2.75, 3.05) is 6.61 Å². The van der Waals surface area contributed by atoms with Gasteiger partial charge in [-0.25, -0.2) is 0 Å². The third-order valence-electron chi connectivity index (χ3n) is 3.03. The number of alkyl halides is 2. The van der Waals surface area contributed by atoms with Crippen molar-refractivity contribution in [3.05, 3.63) is 29.8 Å². The molecule has 0 amide bonds. The summed E-state index contributed by atoms with van der Waals surface area (Å²) in [4.78, 5) is 10.6. The summed E-state index contributed by atoms with van der Waals surface area (Å²) in [7, 11) is 0. The van der Waals surface area contributed by atoms with Crippen LogP contribution in [0.1, 0.15) is 24.8 Å². The molecule has 1 aromatic rings. The van der Waals surface area contributed by atoms with Crippen molar-refractivity contribution in [3.8, 4) is 5.75 Å². The zero-order valence-corrected chi connectivity index (χ0v) is 11.4. The largest absolute Gasteiger partial charge is 0.493 e. The Balaban J connectivity index is 1.90. The summed E-state index contributed by atoms with van der Waals surface area (Å²) < 4.78 is 4.76. The first kappa shape index (κ1) is 13.5. The second-order valence-corrected chi connectivity index (χ2v) is 6.18. The molecule has 1 aromatic carbocycles. The van der Waals surface area contributed by atoms with Crippen LogP contribution in [0.3, 0.4) is 0 Å². The lowest BCUT2D eigenvalue weighted by Gasteiger charge is -2.09. The fourth-order valence-corrected chi connectivity index (χ4v) is 2.22. The van der Waals surface area contributed by atoms with Crippen molar-refractivity contribution in [2.45, 2.75) is 23.6 Å². The molecule has 0 saturated heterocycles. The Bertz CT molecular complexity index is 442. The van der Waals surface area contributed by atoms with Gasteiger partial charge in [-0.3, -0.25) is 4.79 Å². The highest BCUT2D eigenvalue weighted by Gasteiger charge is 2.52. The van der Waals surface area contributed by atoms with Gasteiger partial charge in [0.25, 0.3) is 0 Å². The molecule has 0 bridgehead atoms. The SMILES string of the molecule is CC(COc1ccc(C2CC2(Cl)Cl)cc1)C(=O)O. The first-order chi connectivity index (χ1) is 8.40. The lowest BCUT2D eigenvalue weighted by Crippen LogP contribution is -2.17. The first-order valence-corrected chi connectivity index (χ1v) is 6.49. The Hall–Kier alpha value is -0.930. The number of rotatable bonds is 5. The van der Waals surface area contributed by atoms with E-state index in [0.29, 0.717) is 5.75 Å². The fourth-order valence-electron chi connectivity index (χ4n) is 1.66. The minimum atomic E-state index is -0.862. The molecule has 5 heteroatoms. The predicted molar refractivity (Wildman–Crippen MR) is 70.5 cm³/mol. The molecule has 3 nitrogen and oxygen atoms in total. The summed E-state index contributed by atoms with van der Waals surface area (Å²) in [6.45, 7) is 1.77. The van der Waals surface area contributed by atoms with E-state index in [4.69, 9.17) is 33.0 Å². The van der Waals surface area contributed by atoms with Crippen molar-refractivity contribution >= 4 is 29.2 Å². The van der Waals surface area contributed by atoms with Gasteiger partial charge in [0.15, 0.2) is 0 Å². The van der Waals surface area contributed by atoms with E-state index < -0.39 is 16.2 Å². The van der Waals surface area contributed by atoms with E-state index in [1.165, 1.54) is 0 Å². The first-order valence-electron chi connectivity index (χ1n) is 5.73. The van der Waals surface area contributed by atoms with Gasteiger partial charge in [0.05, 0.1) is 5.92 Å². The van der Waals surface area contributed by atoms with Crippen LogP contribution in [0.2, 0.25) is 0 Å². The average Bonchev–Trinajstić information content (AvgIpc) is 2.96. The minimum Gasteiger partial charge on any atom is -0.493 e. The molecule has 0 heterocycles. The molecule has 2 unspecified atom stereocenters. The molecule has 1 saturated carbocycles. The summed E-state index contributed by atoms with van der Waals surface area (Å²) in [6.07, 6.45) is 0.770. The van der Waals surface area contributed by atoms with Crippen LogP contribution in [0, 0.1) is 5.92 Å². The molecule has 2 atom stereocenters. The van der Waals surface area contributed by atoms with E-state index >= 15 is 0 Å². The summed E-state index contributed by atoms with van der Waals surface area (Å²) in [5, 5.41) is 8.73. The van der Waals surface area contributed by atoms with Gasteiger partial charge < -0.3 is 9.84 Å². The van der Waals surface area contributed by atoms with Gasteiger partial charge in [-0.2, -0.15) is 0 Å². The zero-order valence-electron chi connectivity index (χ0n) is 9.90. The second kappa shape index (κ2) is 4.98. The fraction of sp³-hybridized carbons (Fsp3) is 0.462. The summed E-state index contributed by atoms with van der Waals surface area (Å²) in [6, 6.07) is 7.45. The Morgan fingerprint density at radius 2 is 2.06 bits per heavy atom. The molecule has 1 fully saturated rings. The number of carboxylic acid groups (broad SMARTS) is 1. The number of hydrogen-bond acceptors (Lipinski definition) is 2. The van der Waals surface area contributed by atoms with E-state index in [-0.39, 0.29) is 12.5 Å². The number of ether oxygens (including phenoxy) is 1. The quantitative estimate of drug-likeness (QED) is 0.844. The number of aliphatic carboxylic acids is 1. The van der Waals surface area contributed by atoms with Gasteiger partial charge in [0, 0.05) is 5.92 Å². The molecule has 1 N–H and O–H groups in total. The topological polar surface area (TPSA) is 46.5 Å². The van der Waals surface area contributed by atoms with E-state index in [0.717, 1.165) is 12.0 Å². The molecule has 0 spiro atoms. The van der Waals surface area contributed by atoms with Crippen molar-refractivity contribution < 1.29 is 14.6 Å². The third kappa shape index (κ3) is 3.09. The van der Waals surface area contributed by atoms with E-state index in [9.17, 15) is 4.79 Å². The lowest BCUT2D eigenvalue weighted by molar-refractivity contribution is -0.142. The van der Waals surface area contributed by atoms with Crippen LogP contribution in [-0.4, -0.2) is 22.0 Å². The van der Waals surface area contributed by atoms with Crippen LogP contribution in [0.5, 0.6) is 5.75 Å². The normalized spacial score (nSPS) is 22.3. The number of halogens is 2. The average molecular weight is 289 g/mol. The van der Waals surface area contributed by atoms with Crippen LogP contribution >= 0.6 is 23.2 Å². The highest BCUT2D eigenvalue weighted by atomic mass is 35.5. The predicted octanol–water partition coefficient (Wildman–Crippen LogP) is 3.45. The molecule has 0 radical (unpaired) electrons. The van der Waals surface area contributed by atoms with Crippen molar-refractivity contribution in [2.24, 2.45) is 5.92 Å². The number of carboxylic acids is 1. The van der Waals surface area contributed by atoms with Gasteiger partial charge in [-0.15, -0.1) is 23.2 Å². The van der Waals surface area contributed by atoms with E-state index in [1.54, 1.807) is 6.92 Å². The molecule has 1 aliphatic carbocycles. The van der Waals surface area contributed by atoms with Gasteiger partial charge in [0.2, 0.25) is 0 Å². The minimum absolute atomic E-state index is 0.160. The van der Waals surface area contributed by atoms with Gasteiger partial charge >= 0.3 is 5.97 Å². The van der Waals surface area contributed by atoms with Crippen molar-refractivity contribution in [3.63, 3.8) is 0 Å². The summed E-state index contributed by atoms with van der Waals surface area (Å²) >= 11 is 12.0. The van der Waals surface area contributed by atoms with Crippen molar-refractivity contribution in [1.82, 2.24) is 0 Å². The molecule has 0 aromatic heterocycles. The van der Waals surface area contributed by atoms with E-state index in [2.05, 4.69) is 0 Å². The maximum Gasteiger partial charge on any atom is 0.309 e. The monoisotopic (exact) mass is 288 g/mol. The Morgan fingerprint density at radius 3 is 2.50 bits per heavy atom. The number of benzene rings is 1. The summed E-state index contributed by atoms with van der Waals surface area (Å²) in [5.74, 6) is -0.542. The van der Waals surface area contributed by atoms with Crippen LogP contribution < -0.4 is 4.74 Å². The van der Waals surface area contributed by atoms with Crippen LogP contribution in [0.25, 0.3) is 0 Å². The lowest BCUT2D eigenvalue weighted by atomic mass is 10.1. The van der Waals surface area contributed by atoms with Crippen LogP contribution in [-0.2, 0) is 4.79 Å². The van der Waals surface area contributed by atoms with Crippen molar-refractivity contribution in [1.29, 1.82) is 0 Å². The maximum absolute atomic E-state index is 10.6. The smallest absolute Gasteiger partial charge is 0.309 e. The number of hydrogen-bond donors (Lipinski definition) is 1. The Kier molecular flexibility index (Phi) is 3.74. The second-order valence-electron chi connectivity index (χ2n) is 4.64. The molecule has 98 valence electrons. The molecule has 0 aliphatic heterocycles. The van der Waals surface area contributed by atoms with Gasteiger partial charge in [-0.1, -0.05) is 12.1 Å². The third-order valence-corrected chi connectivity index (χ3v) is 3.87. The van der Waals surface area contributed by atoms with Gasteiger partial charge in [0.1, 0.15) is 16.7 Å².